The summed E-state index contributed by atoms with van der Waals surface area (Å²) in [5.41, 5.74) is 2.31. The number of fused-ring (bicyclic) bond motifs is 3. The third-order valence-corrected chi connectivity index (χ3v) is 6.48. The Labute approximate surface area is 161 Å². The van der Waals surface area contributed by atoms with Gasteiger partial charge < -0.3 is 14.8 Å². The van der Waals surface area contributed by atoms with Gasteiger partial charge in [0.2, 0.25) is 5.91 Å². The van der Waals surface area contributed by atoms with E-state index in [0.29, 0.717) is 30.0 Å². The molecule has 4 rings (SSSR count). The number of benzene rings is 2. The van der Waals surface area contributed by atoms with Gasteiger partial charge in [-0.1, -0.05) is 23.9 Å². The number of carbonyl (C=O) groups is 2. The van der Waals surface area contributed by atoms with E-state index in [2.05, 4.69) is 5.32 Å². The highest BCUT2D eigenvalue weighted by atomic mass is 32.2. The summed E-state index contributed by atoms with van der Waals surface area (Å²) < 4.78 is 10.7. The number of hydrogen-bond donors (Lipinski definition) is 1. The molecule has 1 unspecified atom stereocenters. The van der Waals surface area contributed by atoms with E-state index < -0.39 is 4.87 Å². The summed E-state index contributed by atoms with van der Waals surface area (Å²) in [4.78, 5) is 27.5. The number of carbonyl (C=O) groups excluding carboxylic acids is 2. The Hall–Kier alpha value is -2.67. The van der Waals surface area contributed by atoms with Gasteiger partial charge in [-0.2, -0.15) is 0 Å². The van der Waals surface area contributed by atoms with Crippen LogP contribution >= 0.6 is 11.8 Å². The molecule has 0 bridgehead atoms. The van der Waals surface area contributed by atoms with E-state index in [-0.39, 0.29) is 11.8 Å². The molecule has 0 aliphatic carbocycles. The third kappa shape index (κ3) is 2.65. The molecule has 2 heterocycles. The van der Waals surface area contributed by atoms with E-state index in [4.69, 9.17) is 9.47 Å². The summed E-state index contributed by atoms with van der Waals surface area (Å²) >= 11 is 1.45. The average molecular weight is 384 g/mol. The van der Waals surface area contributed by atoms with Gasteiger partial charge in [-0.05, 0) is 37.1 Å². The first kappa shape index (κ1) is 17.7. The molecule has 6 nitrogen and oxygen atoms in total. The van der Waals surface area contributed by atoms with Crippen LogP contribution in [0.3, 0.4) is 0 Å². The molecular formula is C20H20N2O4S. The van der Waals surface area contributed by atoms with Gasteiger partial charge in [0.05, 0.1) is 19.9 Å². The predicted molar refractivity (Wildman–Crippen MR) is 105 cm³/mol. The second-order valence-corrected chi connectivity index (χ2v) is 7.88. The molecule has 2 aromatic carbocycles. The largest absolute Gasteiger partial charge is 0.493 e. The minimum atomic E-state index is -0.944. The number of thioether (sulfide) groups is 1. The first-order valence-corrected chi connectivity index (χ1v) is 9.47. The number of amides is 2. The van der Waals surface area contributed by atoms with Crippen LogP contribution in [0.2, 0.25) is 0 Å². The number of hydrogen-bond acceptors (Lipinski definition) is 5. The van der Waals surface area contributed by atoms with Gasteiger partial charge in [0.15, 0.2) is 16.4 Å². The van der Waals surface area contributed by atoms with Gasteiger partial charge in [-0.25, -0.2) is 0 Å². The maximum atomic E-state index is 13.3. The van der Waals surface area contributed by atoms with Crippen molar-refractivity contribution >= 4 is 35.0 Å². The number of methoxy groups -OCH3 is 2. The molecule has 2 aliphatic rings. The Balaban J connectivity index is 1.69. The molecule has 0 radical (unpaired) electrons. The number of para-hydroxylation sites is 1. The molecule has 27 heavy (non-hydrogen) atoms. The maximum absolute atomic E-state index is 13.3. The van der Waals surface area contributed by atoms with Crippen LogP contribution in [0.25, 0.3) is 0 Å². The highest BCUT2D eigenvalue weighted by Gasteiger charge is 2.57. The zero-order chi connectivity index (χ0) is 19.2. The van der Waals surface area contributed by atoms with Crippen LogP contribution < -0.4 is 19.7 Å². The molecule has 1 fully saturated rings. The number of anilines is 2. The molecule has 2 aromatic rings. The highest BCUT2D eigenvalue weighted by Crippen LogP contribution is 2.56. The standard InChI is InChI=1S/C20H20N2O4S/c1-12-10-15(25-2)16(26-3)11-13(12)21-19(24)20-9-8-18(23)22(20)14-6-4-5-7-17(14)27-20/h4-7,10-11H,8-9H2,1-3H3,(H,21,24). The first-order chi connectivity index (χ1) is 13.0. The topological polar surface area (TPSA) is 67.9 Å². The van der Waals surface area contributed by atoms with Crippen LogP contribution in [0, 0.1) is 6.92 Å². The van der Waals surface area contributed by atoms with Crippen LogP contribution in [0.4, 0.5) is 11.4 Å². The molecule has 1 N–H and O–H groups in total. The van der Waals surface area contributed by atoms with Crippen molar-refractivity contribution in [3.63, 3.8) is 0 Å². The molecule has 140 valence electrons. The van der Waals surface area contributed by atoms with Crippen molar-refractivity contribution in [3.05, 3.63) is 42.0 Å². The van der Waals surface area contributed by atoms with E-state index in [1.165, 1.54) is 11.8 Å². The van der Waals surface area contributed by atoms with E-state index >= 15 is 0 Å². The minimum Gasteiger partial charge on any atom is -0.493 e. The lowest BCUT2D eigenvalue weighted by Gasteiger charge is -2.30. The summed E-state index contributed by atoms with van der Waals surface area (Å²) in [5.74, 6) is 0.917. The van der Waals surface area contributed by atoms with Gasteiger partial charge in [0, 0.05) is 23.1 Å². The lowest BCUT2D eigenvalue weighted by Crippen LogP contribution is -2.49. The SMILES string of the molecule is COc1cc(C)c(NC(=O)C23CCC(=O)N2c2ccccc2S3)cc1OC. The van der Waals surface area contributed by atoms with Crippen molar-refractivity contribution in [1.82, 2.24) is 0 Å². The summed E-state index contributed by atoms with van der Waals surface area (Å²) in [6.07, 6.45) is 0.836. The van der Waals surface area contributed by atoms with E-state index in [1.807, 2.05) is 37.3 Å². The van der Waals surface area contributed by atoms with Gasteiger partial charge in [-0.3, -0.25) is 14.5 Å². The Morgan fingerprint density at radius 1 is 1.19 bits per heavy atom. The molecular weight excluding hydrogens is 364 g/mol. The fourth-order valence-corrected chi connectivity index (χ4v) is 5.05. The van der Waals surface area contributed by atoms with Crippen LogP contribution in [0.5, 0.6) is 11.5 Å². The van der Waals surface area contributed by atoms with Crippen LogP contribution in [-0.4, -0.2) is 30.9 Å². The normalized spacial score (nSPS) is 20.3. The summed E-state index contributed by atoms with van der Waals surface area (Å²) in [6.45, 7) is 1.89. The highest BCUT2D eigenvalue weighted by molar-refractivity contribution is 8.02. The van der Waals surface area contributed by atoms with Gasteiger partial charge in [-0.15, -0.1) is 0 Å². The Kier molecular flexibility index (Phi) is 4.26. The fourth-order valence-electron chi connectivity index (χ4n) is 3.63. The Morgan fingerprint density at radius 3 is 2.63 bits per heavy atom. The fraction of sp³-hybridized carbons (Fsp3) is 0.300. The number of nitrogens with one attached hydrogen (secondary N) is 1. The number of nitrogens with zero attached hydrogens (tertiary/aromatic N) is 1. The van der Waals surface area contributed by atoms with Crippen molar-refractivity contribution in [2.45, 2.75) is 29.5 Å². The lowest BCUT2D eigenvalue weighted by molar-refractivity contribution is -0.121. The lowest BCUT2D eigenvalue weighted by atomic mass is 10.1. The average Bonchev–Trinajstić information content (AvgIpc) is 3.19. The summed E-state index contributed by atoms with van der Waals surface area (Å²) in [5, 5.41) is 3.01. The molecule has 7 heteroatoms. The number of rotatable bonds is 4. The van der Waals surface area contributed by atoms with E-state index in [1.54, 1.807) is 25.2 Å². The first-order valence-electron chi connectivity index (χ1n) is 8.65. The molecule has 2 amide bonds. The maximum Gasteiger partial charge on any atom is 0.261 e. The molecule has 0 aromatic heterocycles. The Bertz CT molecular complexity index is 946. The van der Waals surface area contributed by atoms with Gasteiger partial charge in [0.1, 0.15) is 0 Å². The van der Waals surface area contributed by atoms with Crippen LogP contribution in [0.15, 0.2) is 41.3 Å². The van der Waals surface area contributed by atoms with Crippen molar-refractivity contribution < 1.29 is 19.1 Å². The van der Waals surface area contributed by atoms with E-state index in [9.17, 15) is 9.59 Å². The smallest absolute Gasteiger partial charge is 0.261 e. The molecule has 0 saturated carbocycles. The van der Waals surface area contributed by atoms with Crippen molar-refractivity contribution in [3.8, 4) is 11.5 Å². The van der Waals surface area contributed by atoms with Crippen molar-refractivity contribution in [2.24, 2.45) is 0 Å². The monoisotopic (exact) mass is 384 g/mol. The molecule has 0 spiro atoms. The Morgan fingerprint density at radius 2 is 1.89 bits per heavy atom. The minimum absolute atomic E-state index is 0.0216. The number of ether oxygens (including phenoxy) is 2. The van der Waals surface area contributed by atoms with Crippen molar-refractivity contribution in [2.75, 3.05) is 24.4 Å². The third-order valence-electron chi connectivity index (χ3n) is 5.01. The molecule has 2 aliphatic heterocycles. The second-order valence-electron chi connectivity index (χ2n) is 6.56. The van der Waals surface area contributed by atoms with Crippen LogP contribution in [-0.2, 0) is 9.59 Å². The molecule has 1 saturated heterocycles. The van der Waals surface area contributed by atoms with Gasteiger partial charge >= 0.3 is 0 Å². The zero-order valence-electron chi connectivity index (χ0n) is 15.4. The summed E-state index contributed by atoms with van der Waals surface area (Å²) in [7, 11) is 3.13. The second kappa shape index (κ2) is 6.49. The summed E-state index contributed by atoms with van der Waals surface area (Å²) in [6, 6.07) is 11.2. The predicted octanol–water partition coefficient (Wildman–Crippen LogP) is 3.58. The quantitative estimate of drug-likeness (QED) is 0.873. The van der Waals surface area contributed by atoms with Gasteiger partial charge in [0.25, 0.3) is 5.91 Å². The molecule has 1 atom stereocenters. The zero-order valence-corrected chi connectivity index (χ0v) is 16.2. The van der Waals surface area contributed by atoms with Crippen molar-refractivity contribution in [1.29, 1.82) is 0 Å². The van der Waals surface area contributed by atoms with Crippen LogP contribution in [0.1, 0.15) is 18.4 Å². The van der Waals surface area contributed by atoms with E-state index in [0.717, 1.165) is 16.1 Å². The number of aryl methyl sites for hydroxylation is 1.